The molecule has 0 saturated heterocycles. The second kappa shape index (κ2) is 5.50. The number of nitrogens with one attached hydrogen (secondary N) is 1. The summed E-state index contributed by atoms with van der Waals surface area (Å²) in [5.74, 6) is -0.398. The van der Waals surface area contributed by atoms with E-state index in [1.807, 2.05) is 5.32 Å². The van der Waals surface area contributed by atoms with E-state index in [2.05, 4.69) is 0 Å². The predicted molar refractivity (Wildman–Crippen MR) is 55.1 cm³/mol. The monoisotopic (exact) mass is 222 g/mol. The molecule has 0 bridgehead atoms. The molecule has 0 aliphatic rings. The Morgan fingerprint density at radius 2 is 2.06 bits per heavy atom. The molecule has 1 aromatic carbocycles. The summed E-state index contributed by atoms with van der Waals surface area (Å²) in [4.78, 5) is 31.9. The Balaban J connectivity index is 2.57. The van der Waals surface area contributed by atoms with Gasteiger partial charge in [-0.15, -0.1) is 0 Å². The average Bonchev–Trinajstić information content (AvgIpc) is 2.26. The third-order valence-corrected chi connectivity index (χ3v) is 1.67. The lowest BCUT2D eigenvalue weighted by Crippen LogP contribution is -2.38. The standard InChI is InChI=1S/C10H10N2O4/c11-10(15)12-9(14)6-16-8-4-2-1-3-7(8)5-13/h1-5H,6H2,(H3,11,12,14,15). The molecule has 0 spiro atoms. The molecule has 1 rings (SSSR count). The van der Waals surface area contributed by atoms with Crippen LogP contribution in [0.3, 0.4) is 0 Å². The van der Waals surface area contributed by atoms with Crippen LogP contribution in [0.2, 0.25) is 0 Å². The lowest BCUT2D eigenvalue weighted by molar-refractivity contribution is -0.121. The number of benzene rings is 1. The number of urea groups is 1. The predicted octanol–water partition coefficient (Wildman–Crippen LogP) is 0.0728. The summed E-state index contributed by atoms with van der Waals surface area (Å²) in [6, 6.07) is 5.47. The van der Waals surface area contributed by atoms with Crippen molar-refractivity contribution in [2.75, 3.05) is 6.61 Å². The van der Waals surface area contributed by atoms with E-state index in [1.165, 1.54) is 0 Å². The van der Waals surface area contributed by atoms with E-state index in [4.69, 9.17) is 10.5 Å². The summed E-state index contributed by atoms with van der Waals surface area (Å²) >= 11 is 0. The lowest BCUT2D eigenvalue weighted by atomic mass is 10.2. The Kier molecular flexibility index (Phi) is 4.02. The van der Waals surface area contributed by atoms with Crippen LogP contribution in [0.4, 0.5) is 4.79 Å². The maximum atomic E-state index is 11.0. The number of amides is 3. The number of primary amides is 1. The van der Waals surface area contributed by atoms with E-state index in [0.29, 0.717) is 11.8 Å². The summed E-state index contributed by atoms with van der Waals surface area (Å²) < 4.78 is 5.04. The number of carbonyl (C=O) groups is 3. The van der Waals surface area contributed by atoms with E-state index in [-0.39, 0.29) is 12.4 Å². The molecule has 0 unspecified atom stereocenters. The van der Waals surface area contributed by atoms with Gasteiger partial charge in [-0.2, -0.15) is 0 Å². The summed E-state index contributed by atoms with van der Waals surface area (Å²) in [5.41, 5.74) is 5.06. The lowest BCUT2D eigenvalue weighted by Gasteiger charge is -2.06. The molecule has 3 amide bonds. The minimum absolute atomic E-state index is 0.275. The number of ether oxygens (including phenoxy) is 1. The Morgan fingerprint density at radius 3 is 2.69 bits per heavy atom. The second-order valence-corrected chi connectivity index (χ2v) is 2.86. The maximum absolute atomic E-state index is 11.0. The van der Waals surface area contributed by atoms with Crippen molar-refractivity contribution in [2.45, 2.75) is 0 Å². The molecule has 6 heteroatoms. The Bertz CT molecular complexity index is 417. The molecule has 0 radical (unpaired) electrons. The third-order valence-electron chi connectivity index (χ3n) is 1.67. The van der Waals surface area contributed by atoms with E-state index >= 15 is 0 Å². The first kappa shape index (κ1) is 11.7. The van der Waals surface area contributed by atoms with Crippen LogP contribution in [0.5, 0.6) is 5.75 Å². The second-order valence-electron chi connectivity index (χ2n) is 2.86. The van der Waals surface area contributed by atoms with Crippen molar-refractivity contribution in [1.29, 1.82) is 0 Å². The largest absolute Gasteiger partial charge is 0.483 e. The molecule has 16 heavy (non-hydrogen) atoms. The fraction of sp³-hybridized carbons (Fsp3) is 0.100. The maximum Gasteiger partial charge on any atom is 0.318 e. The molecule has 84 valence electrons. The van der Waals surface area contributed by atoms with Gasteiger partial charge in [0.2, 0.25) is 0 Å². The van der Waals surface area contributed by atoms with Crippen molar-refractivity contribution in [1.82, 2.24) is 5.32 Å². The molecule has 0 saturated carbocycles. The number of para-hydroxylation sites is 1. The SMILES string of the molecule is NC(=O)NC(=O)COc1ccccc1C=O. The average molecular weight is 222 g/mol. The highest BCUT2D eigenvalue weighted by molar-refractivity contribution is 5.94. The molecule has 3 N–H and O–H groups in total. The van der Waals surface area contributed by atoms with Crippen LogP contribution in [-0.2, 0) is 4.79 Å². The van der Waals surface area contributed by atoms with Crippen LogP contribution in [-0.4, -0.2) is 24.8 Å². The van der Waals surface area contributed by atoms with Crippen molar-refractivity contribution in [3.05, 3.63) is 29.8 Å². The van der Waals surface area contributed by atoms with Gasteiger partial charge < -0.3 is 10.5 Å². The topological polar surface area (TPSA) is 98.5 Å². The summed E-state index contributed by atoms with van der Waals surface area (Å²) in [6.45, 7) is -0.381. The molecule has 0 atom stereocenters. The summed E-state index contributed by atoms with van der Waals surface area (Å²) in [5, 5.41) is 1.84. The van der Waals surface area contributed by atoms with Gasteiger partial charge in [-0.25, -0.2) is 4.79 Å². The van der Waals surface area contributed by atoms with Crippen LogP contribution in [0, 0.1) is 0 Å². The number of hydrogen-bond donors (Lipinski definition) is 2. The van der Waals surface area contributed by atoms with Gasteiger partial charge in [0.1, 0.15) is 5.75 Å². The van der Waals surface area contributed by atoms with Crippen LogP contribution in [0.25, 0.3) is 0 Å². The molecule has 0 aliphatic heterocycles. The van der Waals surface area contributed by atoms with Crippen molar-refractivity contribution >= 4 is 18.2 Å². The van der Waals surface area contributed by atoms with Crippen molar-refractivity contribution < 1.29 is 19.1 Å². The molecule has 0 aromatic heterocycles. The number of nitrogens with two attached hydrogens (primary N) is 1. The fourth-order valence-corrected chi connectivity index (χ4v) is 1.03. The van der Waals surface area contributed by atoms with Gasteiger partial charge >= 0.3 is 6.03 Å². The van der Waals surface area contributed by atoms with Gasteiger partial charge in [-0.1, -0.05) is 12.1 Å². The third kappa shape index (κ3) is 3.41. The van der Waals surface area contributed by atoms with Gasteiger partial charge in [0.05, 0.1) is 5.56 Å². The Hall–Kier alpha value is -2.37. The van der Waals surface area contributed by atoms with Crippen LogP contribution in [0.15, 0.2) is 24.3 Å². The van der Waals surface area contributed by atoms with Crippen LogP contribution >= 0.6 is 0 Å². The quantitative estimate of drug-likeness (QED) is 0.704. The highest BCUT2D eigenvalue weighted by Gasteiger charge is 2.07. The van der Waals surface area contributed by atoms with E-state index in [1.54, 1.807) is 24.3 Å². The number of carbonyl (C=O) groups excluding carboxylic acids is 3. The molecular weight excluding hydrogens is 212 g/mol. The first-order valence-corrected chi connectivity index (χ1v) is 4.40. The van der Waals surface area contributed by atoms with Gasteiger partial charge in [-0.3, -0.25) is 14.9 Å². The number of aldehydes is 1. The normalized spacial score (nSPS) is 9.25. The van der Waals surface area contributed by atoms with Gasteiger partial charge in [-0.05, 0) is 12.1 Å². The number of hydrogen-bond acceptors (Lipinski definition) is 4. The van der Waals surface area contributed by atoms with Crippen LogP contribution in [0.1, 0.15) is 10.4 Å². The summed E-state index contributed by atoms with van der Waals surface area (Å²) in [7, 11) is 0. The Morgan fingerprint density at radius 1 is 1.38 bits per heavy atom. The fourth-order valence-electron chi connectivity index (χ4n) is 1.03. The molecule has 1 aromatic rings. The van der Waals surface area contributed by atoms with Gasteiger partial charge in [0.15, 0.2) is 12.9 Å². The molecule has 0 fully saturated rings. The zero-order chi connectivity index (χ0) is 12.0. The molecule has 6 nitrogen and oxygen atoms in total. The van der Waals surface area contributed by atoms with Gasteiger partial charge in [0.25, 0.3) is 5.91 Å². The molecule has 0 heterocycles. The first-order chi connectivity index (χ1) is 7.63. The summed E-state index contributed by atoms with van der Waals surface area (Å²) in [6.07, 6.45) is 0.612. The minimum atomic E-state index is -0.947. The number of rotatable bonds is 4. The Labute approximate surface area is 91.4 Å². The smallest absolute Gasteiger partial charge is 0.318 e. The van der Waals surface area contributed by atoms with E-state index < -0.39 is 11.9 Å². The van der Waals surface area contributed by atoms with E-state index in [0.717, 1.165) is 0 Å². The first-order valence-electron chi connectivity index (χ1n) is 4.40. The zero-order valence-corrected chi connectivity index (χ0v) is 8.30. The van der Waals surface area contributed by atoms with E-state index in [9.17, 15) is 14.4 Å². The van der Waals surface area contributed by atoms with Crippen LogP contribution < -0.4 is 15.8 Å². The van der Waals surface area contributed by atoms with Crippen molar-refractivity contribution in [2.24, 2.45) is 5.73 Å². The number of imide groups is 1. The zero-order valence-electron chi connectivity index (χ0n) is 8.30. The van der Waals surface area contributed by atoms with Crippen molar-refractivity contribution in [3.8, 4) is 5.75 Å². The van der Waals surface area contributed by atoms with Crippen molar-refractivity contribution in [3.63, 3.8) is 0 Å². The molecule has 0 aliphatic carbocycles. The van der Waals surface area contributed by atoms with Gasteiger partial charge in [0, 0.05) is 0 Å². The highest BCUT2D eigenvalue weighted by Crippen LogP contribution is 2.15. The minimum Gasteiger partial charge on any atom is -0.483 e. The molecular formula is C10H10N2O4. The highest BCUT2D eigenvalue weighted by atomic mass is 16.5.